The molecular weight excluding hydrogens is 222 g/mol. The first-order valence-corrected chi connectivity index (χ1v) is 7.04. The van der Waals surface area contributed by atoms with Crippen LogP contribution < -0.4 is 5.32 Å². The van der Waals surface area contributed by atoms with E-state index in [1.807, 2.05) is 18.2 Å². The Morgan fingerprint density at radius 3 is 2.61 bits per heavy atom. The summed E-state index contributed by atoms with van der Waals surface area (Å²) in [6, 6.07) is 8.73. The maximum absolute atomic E-state index is 9.33. The third kappa shape index (κ3) is 3.12. The zero-order valence-electron chi connectivity index (χ0n) is 11.6. The molecule has 1 aliphatic carbocycles. The Kier molecular flexibility index (Phi) is 4.41. The van der Waals surface area contributed by atoms with Crippen LogP contribution in [0.1, 0.15) is 50.7 Å². The van der Waals surface area contributed by atoms with Gasteiger partial charge in [0.05, 0.1) is 6.61 Å². The van der Waals surface area contributed by atoms with E-state index in [1.165, 1.54) is 31.2 Å². The van der Waals surface area contributed by atoms with Crippen LogP contribution in [-0.2, 0) is 13.2 Å². The van der Waals surface area contributed by atoms with Crippen molar-refractivity contribution in [3.63, 3.8) is 0 Å². The Bertz CT molecular complexity index is 386. The molecule has 1 aromatic rings. The van der Waals surface area contributed by atoms with Crippen molar-refractivity contribution in [2.45, 2.75) is 58.7 Å². The SMILES string of the molecule is CC1(C)CCCCC1NCc1ccccc1CO. The molecule has 0 heterocycles. The Labute approximate surface area is 110 Å². The van der Waals surface area contributed by atoms with E-state index < -0.39 is 0 Å². The van der Waals surface area contributed by atoms with Crippen molar-refractivity contribution in [3.05, 3.63) is 35.4 Å². The lowest BCUT2D eigenvalue weighted by Crippen LogP contribution is -2.43. The van der Waals surface area contributed by atoms with E-state index in [0.717, 1.165) is 12.1 Å². The first-order valence-electron chi connectivity index (χ1n) is 7.04. The summed E-state index contributed by atoms with van der Waals surface area (Å²) >= 11 is 0. The van der Waals surface area contributed by atoms with Crippen LogP contribution in [-0.4, -0.2) is 11.1 Å². The van der Waals surface area contributed by atoms with E-state index in [4.69, 9.17) is 0 Å². The van der Waals surface area contributed by atoms with Crippen LogP contribution in [0.5, 0.6) is 0 Å². The van der Waals surface area contributed by atoms with Crippen molar-refractivity contribution >= 4 is 0 Å². The molecule has 1 atom stereocenters. The standard InChI is InChI=1S/C16H25NO/c1-16(2)10-6-5-9-15(16)17-11-13-7-3-4-8-14(13)12-18/h3-4,7-8,15,17-18H,5-6,9-12H2,1-2H3. The molecule has 2 N–H and O–H groups in total. The highest BCUT2D eigenvalue weighted by atomic mass is 16.3. The van der Waals surface area contributed by atoms with E-state index in [-0.39, 0.29) is 6.61 Å². The fourth-order valence-corrected chi connectivity index (χ4v) is 2.99. The largest absolute Gasteiger partial charge is 0.392 e. The molecule has 1 fully saturated rings. The second-order valence-electron chi connectivity index (χ2n) is 6.09. The molecule has 2 rings (SSSR count). The summed E-state index contributed by atoms with van der Waals surface area (Å²) in [4.78, 5) is 0. The van der Waals surface area contributed by atoms with Crippen LogP contribution in [0.25, 0.3) is 0 Å². The van der Waals surface area contributed by atoms with Crippen LogP contribution >= 0.6 is 0 Å². The summed E-state index contributed by atoms with van der Waals surface area (Å²) in [6.45, 7) is 5.72. The molecule has 0 amide bonds. The van der Waals surface area contributed by atoms with Crippen LogP contribution in [0, 0.1) is 5.41 Å². The lowest BCUT2D eigenvalue weighted by atomic mass is 9.73. The zero-order chi connectivity index (χ0) is 13.0. The molecular formula is C16H25NO. The second kappa shape index (κ2) is 5.85. The van der Waals surface area contributed by atoms with Crippen molar-refractivity contribution in [2.24, 2.45) is 5.41 Å². The van der Waals surface area contributed by atoms with Crippen molar-refractivity contribution in [3.8, 4) is 0 Å². The fourth-order valence-electron chi connectivity index (χ4n) is 2.99. The van der Waals surface area contributed by atoms with Crippen molar-refractivity contribution in [2.75, 3.05) is 0 Å². The predicted molar refractivity (Wildman–Crippen MR) is 75.2 cm³/mol. The predicted octanol–water partition coefficient (Wildman–Crippen LogP) is 3.24. The van der Waals surface area contributed by atoms with E-state index in [1.54, 1.807) is 0 Å². The maximum Gasteiger partial charge on any atom is 0.0685 e. The number of aliphatic hydroxyl groups is 1. The van der Waals surface area contributed by atoms with Crippen molar-refractivity contribution < 1.29 is 5.11 Å². The Hall–Kier alpha value is -0.860. The number of hydrogen-bond acceptors (Lipinski definition) is 2. The fraction of sp³-hybridized carbons (Fsp3) is 0.625. The van der Waals surface area contributed by atoms with Gasteiger partial charge in [0.1, 0.15) is 0 Å². The molecule has 18 heavy (non-hydrogen) atoms. The van der Waals surface area contributed by atoms with Crippen LogP contribution in [0.4, 0.5) is 0 Å². The first-order chi connectivity index (χ1) is 8.63. The number of aliphatic hydroxyl groups excluding tert-OH is 1. The van der Waals surface area contributed by atoms with Crippen molar-refractivity contribution in [1.82, 2.24) is 5.32 Å². The van der Waals surface area contributed by atoms with Crippen LogP contribution in [0.3, 0.4) is 0 Å². The Morgan fingerprint density at radius 2 is 1.94 bits per heavy atom. The summed E-state index contributed by atoms with van der Waals surface area (Å²) < 4.78 is 0. The molecule has 2 heteroatoms. The van der Waals surface area contributed by atoms with Gasteiger partial charge in [-0.15, -0.1) is 0 Å². The molecule has 100 valence electrons. The normalized spacial score (nSPS) is 22.9. The average molecular weight is 247 g/mol. The number of nitrogens with one attached hydrogen (secondary N) is 1. The van der Waals surface area contributed by atoms with Gasteiger partial charge in [-0.3, -0.25) is 0 Å². The van der Waals surface area contributed by atoms with E-state index in [9.17, 15) is 5.11 Å². The molecule has 2 nitrogen and oxygen atoms in total. The molecule has 0 aromatic heterocycles. The van der Waals surface area contributed by atoms with Gasteiger partial charge in [0.25, 0.3) is 0 Å². The third-order valence-corrected chi connectivity index (χ3v) is 4.33. The Morgan fingerprint density at radius 1 is 1.22 bits per heavy atom. The molecule has 1 saturated carbocycles. The molecule has 0 radical (unpaired) electrons. The molecule has 1 aromatic carbocycles. The van der Waals surface area contributed by atoms with E-state index in [2.05, 4.69) is 25.2 Å². The minimum Gasteiger partial charge on any atom is -0.392 e. The van der Waals surface area contributed by atoms with E-state index >= 15 is 0 Å². The summed E-state index contributed by atoms with van der Waals surface area (Å²) in [5, 5.41) is 13.0. The third-order valence-electron chi connectivity index (χ3n) is 4.33. The smallest absolute Gasteiger partial charge is 0.0685 e. The Balaban J connectivity index is 1.98. The summed E-state index contributed by atoms with van der Waals surface area (Å²) in [7, 11) is 0. The molecule has 0 spiro atoms. The summed E-state index contributed by atoms with van der Waals surface area (Å²) in [5.74, 6) is 0. The van der Waals surface area contributed by atoms with Gasteiger partial charge >= 0.3 is 0 Å². The van der Waals surface area contributed by atoms with Gasteiger partial charge in [0.15, 0.2) is 0 Å². The van der Waals surface area contributed by atoms with Gasteiger partial charge in [-0.1, -0.05) is 51.0 Å². The molecule has 0 saturated heterocycles. The molecule has 1 aliphatic rings. The number of rotatable bonds is 4. The highest BCUT2D eigenvalue weighted by Gasteiger charge is 2.31. The highest BCUT2D eigenvalue weighted by Crippen LogP contribution is 2.35. The van der Waals surface area contributed by atoms with E-state index in [0.29, 0.717) is 11.5 Å². The number of hydrogen-bond donors (Lipinski definition) is 2. The van der Waals surface area contributed by atoms with Crippen molar-refractivity contribution in [1.29, 1.82) is 0 Å². The molecule has 0 aliphatic heterocycles. The minimum atomic E-state index is 0.131. The molecule has 0 bridgehead atoms. The average Bonchev–Trinajstić information content (AvgIpc) is 2.37. The van der Waals surface area contributed by atoms with Gasteiger partial charge in [0, 0.05) is 12.6 Å². The zero-order valence-corrected chi connectivity index (χ0v) is 11.6. The lowest BCUT2D eigenvalue weighted by molar-refractivity contribution is 0.166. The first kappa shape index (κ1) is 13.6. The number of benzene rings is 1. The quantitative estimate of drug-likeness (QED) is 0.856. The minimum absolute atomic E-state index is 0.131. The summed E-state index contributed by atoms with van der Waals surface area (Å²) in [5.41, 5.74) is 2.66. The topological polar surface area (TPSA) is 32.3 Å². The second-order valence-corrected chi connectivity index (χ2v) is 6.09. The van der Waals surface area contributed by atoms with Gasteiger partial charge < -0.3 is 10.4 Å². The monoisotopic (exact) mass is 247 g/mol. The lowest BCUT2D eigenvalue weighted by Gasteiger charge is -2.39. The van der Waals surface area contributed by atoms with Gasteiger partial charge in [-0.25, -0.2) is 0 Å². The van der Waals surface area contributed by atoms with Gasteiger partial charge in [-0.05, 0) is 29.4 Å². The van der Waals surface area contributed by atoms with Gasteiger partial charge in [-0.2, -0.15) is 0 Å². The maximum atomic E-state index is 9.33. The highest BCUT2D eigenvalue weighted by molar-refractivity contribution is 5.26. The summed E-state index contributed by atoms with van der Waals surface area (Å²) in [6.07, 6.45) is 5.28. The molecule has 1 unspecified atom stereocenters. The van der Waals surface area contributed by atoms with Gasteiger partial charge in [0.2, 0.25) is 0 Å². The van der Waals surface area contributed by atoms with Crippen LogP contribution in [0.2, 0.25) is 0 Å². The van der Waals surface area contributed by atoms with Crippen LogP contribution in [0.15, 0.2) is 24.3 Å².